The van der Waals surface area contributed by atoms with Crippen molar-refractivity contribution in [1.82, 2.24) is 4.90 Å². The number of hydrogen-bond acceptors (Lipinski definition) is 4. The van der Waals surface area contributed by atoms with Gasteiger partial charge in [0.05, 0.1) is 6.04 Å². The lowest BCUT2D eigenvalue weighted by Gasteiger charge is -2.32. The van der Waals surface area contributed by atoms with E-state index in [-0.39, 0.29) is 24.5 Å². The van der Waals surface area contributed by atoms with Gasteiger partial charge in [-0.1, -0.05) is 12.1 Å². The molecule has 0 bridgehead atoms. The summed E-state index contributed by atoms with van der Waals surface area (Å²) in [4.78, 5) is 15.9. The number of rotatable bonds is 5. The Hall–Kier alpha value is -1.85. The lowest BCUT2D eigenvalue weighted by Crippen LogP contribution is -2.40. The third kappa shape index (κ3) is 3.97. The van der Waals surface area contributed by atoms with E-state index in [4.69, 9.17) is 0 Å². The molecule has 1 aromatic carbocycles. The molecule has 1 saturated heterocycles. The summed E-state index contributed by atoms with van der Waals surface area (Å²) in [5, 5.41) is 14.9. The largest absolute Gasteiger partial charge is 0.396 e. The summed E-state index contributed by atoms with van der Waals surface area (Å²) in [6.45, 7) is 3.71. The maximum Gasteiger partial charge on any atom is 0.253 e. The molecule has 2 N–H and O–H groups in total. The van der Waals surface area contributed by atoms with Crippen LogP contribution >= 0.6 is 11.3 Å². The fraction of sp³-hybridized carbons (Fsp3) is 0.421. The standard InChI is InChI=1S/C19H24N2O2S/c1-14(18-8-4-10-24-18)20-17-7-2-6-16(11-17)19(23)21-9-3-5-15(12-21)13-22/h2,4,6-8,10-11,14-15,20,22H,3,5,9,12-13H2,1H3. The Bertz CT molecular complexity index is 672. The van der Waals surface area contributed by atoms with Crippen LogP contribution in [0.2, 0.25) is 0 Å². The predicted molar refractivity (Wildman–Crippen MR) is 98.5 cm³/mol. The molecule has 2 aromatic rings. The molecule has 3 rings (SSSR count). The molecule has 1 amide bonds. The summed E-state index contributed by atoms with van der Waals surface area (Å²) < 4.78 is 0. The third-order valence-electron chi connectivity index (χ3n) is 4.53. The van der Waals surface area contributed by atoms with Crippen molar-refractivity contribution in [3.63, 3.8) is 0 Å². The van der Waals surface area contributed by atoms with Gasteiger partial charge in [0.1, 0.15) is 0 Å². The van der Waals surface area contributed by atoms with Gasteiger partial charge in [-0.05, 0) is 55.3 Å². The maximum absolute atomic E-state index is 12.7. The first kappa shape index (κ1) is 17.0. The van der Waals surface area contributed by atoms with Gasteiger partial charge in [0.2, 0.25) is 0 Å². The number of piperidine rings is 1. The third-order valence-corrected chi connectivity index (χ3v) is 5.58. The molecular weight excluding hydrogens is 320 g/mol. The zero-order chi connectivity index (χ0) is 16.9. The average molecular weight is 344 g/mol. The van der Waals surface area contributed by atoms with Crippen molar-refractivity contribution < 1.29 is 9.90 Å². The van der Waals surface area contributed by atoms with Gasteiger partial charge in [0, 0.05) is 35.8 Å². The molecule has 1 aliphatic rings. The quantitative estimate of drug-likeness (QED) is 0.868. The number of hydrogen-bond donors (Lipinski definition) is 2. The van der Waals surface area contributed by atoms with Crippen LogP contribution in [-0.2, 0) is 0 Å². The lowest BCUT2D eigenvalue weighted by atomic mass is 9.98. The smallest absolute Gasteiger partial charge is 0.253 e. The maximum atomic E-state index is 12.7. The van der Waals surface area contributed by atoms with Gasteiger partial charge in [-0.3, -0.25) is 4.79 Å². The lowest BCUT2D eigenvalue weighted by molar-refractivity contribution is 0.0621. The number of nitrogens with one attached hydrogen (secondary N) is 1. The van der Waals surface area contributed by atoms with Gasteiger partial charge in [-0.2, -0.15) is 0 Å². The summed E-state index contributed by atoms with van der Waals surface area (Å²) >= 11 is 1.72. The summed E-state index contributed by atoms with van der Waals surface area (Å²) in [5.41, 5.74) is 1.66. The molecule has 0 spiro atoms. The van der Waals surface area contributed by atoms with E-state index in [2.05, 4.69) is 23.7 Å². The highest BCUT2D eigenvalue weighted by atomic mass is 32.1. The fourth-order valence-corrected chi connectivity index (χ4v) is 3.92. The molecule has 5 heteroatoms. The van der Waals surface area contributed by atoms with Gasteiger partial charge in [-0.15, -0.1) is 11.3 Å². The Kier molecular flexibility index (Phi) is 5.53. The average Bonchev–Trinajstić information content (AvgIpc) is 3.16. The van der Waals surface area contributed by atoms with Crippen molar-refractivity contribution in [2.24, 2.45) is 5.92 Å². The minimum Gasteiger partial charge on any atom is -0.396 e. The molecule has 1 fully saturated rings. The summed E-state index contributed by atoms with van der Waals surface area (Å²) in [5.74, 6) is 0.267. The molecule has 0 aliphatic carbocycles. The second kappa shape index (κ2) is 7.81. The molecule has 0 saturated carbocycles. The molecule has 2 atom stereocenters. The predicted octanol–water partition coefficient (Wildman–Crippen LogP) is 3.77. The van der Waals surface area contributed by atoms with Crippen LogP contribution < -0.4 is 5.32 Å². The first-order valence-electron chi connectivity index (χ1n) is 8.47. The minimum atomic E-state index is 0.0561. The monoisotopic (exact) mass is 344 g/mol. The highest BCUT2D eigenvalue weighted by Gasteiger charge is 2.24. The van der Waals surface area contributed by atoms with Crippen LogP contribution in [-0.4, -0.2) is 35.6 Å². The zero-order valence-electron chi connectivity index (χ0n) is 13.9. The Balaban J connectivity index is 1.69. The van der Waals surface area contributed by atoms with Crippen LogP contribution in [0.25, 0.3) is 0 Å². The molecule has 24 heavy (non-hydrogen) atoms. The summed E-state index contributed by atoms with van der Waals surface area (Å²) in [7, 11) is 0. The second-order valence-electron chi connectivity index (χ2n) is 6.40. The number of carbonyl (C=O) groups is 1. The van der Waals surface area contributed by atoms with Gasteiger partial charge < -0.3 is 15.3 Å². The van der Waals surface area contributed by atoms with Crippen LogP contribution in [0.15, 0.2) is 41.8 Å². The first-order valence-corrected chi connectivity index (χ1v) is 9.35. The van der Waals surface area contributed by atoms with Gasteiger partial charge >= 0.3 is 0 Å². The van der Waals surface area contributed by atoms with Crippen LogP contribution in [0.1, 0.15) is 41.0 Å². The number of aliphatic hydroxyl groups excluding tert-OH is 1. The number of amides is 1. The van der Waals surface area contributed by atoms with E-state index in [9.17, 15) is 9.90 Å². The van der Waals surface area contributed by atoms with Crippen molar-refractivity contribution in [2.45, 2.75) is 25.8 Å². The fourth-order valence-electron chi connectivity index (χ4n) is 3.18. The van der Waals surface area contributed by atoms with E-state index in [1.807, 2.05) is 35.2 Å². The Morgan fingerprint density at radius 2 is 2.29 bits per heavy atom. The van der Waals surface area contributed by atoms with E-state index >= 15 is 0 Å². The van der Waals surface area contributed by atoms with Crippen molar-refractivity contribution in [3.05, 3.63) is 52.2 Å². The van der Waals surface area contributed by atoms with Crippen molar-refractivity contribution in [2.75, 3.05) is 25.0 Å². The van der Waals surface area contributed by atoms with E-state index in [1.165, 1.54) is 4.88 Å². The number of thiophene rings is 1. The Morgan fingerprint density at radius 3 is 3.04 bits per heavy atom. The Morgan fingerprint density at radius 1 is 1.42 bits per heavy atom. The van der Waals surface area contributed by atoms with Gasteiger partial charge in [0.25, 0.3) is 5.91 Å². The normalized spacial score (nSPS) is 19.1. The molecular formula is C19H24N2O2S. The first-order chi connectivity index (χ1) is 11.7. The second-order valence-corrected chi connectivity index (χ2v) is 7.38. The molecule has 4 nitrogen and oxygen atoms in total. The summed E-state index contributed by atoms with van der Waals surface area (Å²) in [6.07, 6.45) is 1.96. The summed E-state index contributed by atoms with van der Waals surface area (Å²) in [6, 6.07) is 12.1. The van der Waals surface area contributed by atoms with Gasteiger partial charge in [0.15, 0.2) is 0 Å². The number of likely N-dealkylation sites (tertiary alicyclic amines) is 1. The van der Waals surface area contributed by atoms with Gasteiger partial charge in [-0.25, -0.2) is 0 Å². The van der Waals surface area contributed by atoms with Crippen molar-refractivity contribution >= 4 is 22.9 Å². The Labute approximate surface area is 147 Å². The number of benzene rings is 1. The molecule has 2 heterocycles. The van der Waals surface area contributed by atoms with Crippen LogP contribution in [0.5, 0.6) is 0 Å². The van der Waals surface area contributed by atoms with Crippen LogP contribution in [0.4, 0.5) is 5.69 Å². The van der Waals surface area contributed by atoms with Crippen LogP contribution in [0, 0.1) is 5.92 Å². The number of aliphatic hydroxyl groups is 1. The van der Waals surface area contributed by atoms with E-state index < -0.39 is 0 Å². The van der Waals surface area contributed by atoms with E-state index in [0.29, 0.717) is 12.1 Å². The van der Waals surface area contributed by atoms with E-state index in [1.54, 1.807) is 11.3 Å². The molecule has 2 unspecified atom stereocenters. The molecule has 1 aliphatic heterocycles. The van der Waals surface area contributed by atoms with E-state index in [0.717, 1.165) is 25.1 Å². The zero-order valence-corrected chi connectivity index (χ0v) is 14.8. The van der Waals surface area contributed by atoms with Crippen molar-refractivity contribution in [3.8, 4) is 0 Å². The molecule has 1 aromatic heterocycles. The highest BCUT2D eigenvalue weighted by molar-refractivity contribution is 7.10. The molecule has 0 radical (unpaired) electrons. The number of anilines is 1. The van der Waals surface area contributed by atoms with Crippen LogP contribution in [0.3, 0.4) is 0 Å². The number of nitrogens with zero attached hydrogens (tertiary/aromatic N) is 1. The molecule has 128 valence electrons. The van der Waals surface area contributed by atoms with Crippen molar-refractivity contribution in [1.29, 1.82) is 0 Å². The highest BCUT2D eigenvalue weighted by Crippen LogP contribution is 2.24. The number of carbonyl (C=O) groups excluding carboxylic acids is 1. The SMILES string of the molecule is CC(Nc1cccc(C(=O)N2CCCC(CO)C2)c1)c1cccs1. The topological polar surface area (TPSA) is 52.6 Å². The minimum absolute atomic E-state index is 0.0561.